The van der Waals surface area contributed by atoms with Crippen molar-refractivity contribution in [3.8, 4) is 5.69 Å². The quantitative estimate of drug-likeness (QED) is 0.525. The molecule has 1 aromatic carbocycles. The molecular weight excluding hydrogens is 439 g/mol. The minimum atomic E-state index is -5.08. The van der Waals surface area contributed by atoms with E-state index in [1.165, 1.54) is 6.33 Å². The molecule has 31 heavy (non-hydrogen) atoms. The van der Waals surface area contributed by atoms with Crippen molar-refractivity contribution >= 4 is 23.2 Å². The number of carboxylic acid groups (broad SMARTS) is 1. The normalized spacial score (nSPS) is 13.6. The average Bonchev–Trinajstić information content (AvgIpc) is 3.37. The zero-order valence-corrected chi connectivity index (χ0v) is 16.5. The summed E-state index contributed by atoms with van der Waals surface area (Å²) in [4.78, 5) is 25.1. The number of nitrogens with one attached hydrogen (secondary N) is 2. The third-order valence-electron chi connectivity index (χ3n) is 4.05. The van der Waals surface area contributed by atoms with E-state index in [9.17, 15) is 18.0 Å². The molecule has 4 rings (SSSR count). The molecule has 3 N–H and O–H groups in total. The van der Waals surface area contributed by atoms with Crippen LogP contribution in [0.2, 0.25) is 0 Å². The number of aromatic nitrogens is 5. The largest absolute Gasteiger partial charge is 0.490 e. The van der Waals surface area contributed by atoms with E-state index >= 15 is 0 Å². The molecule has 1 aliphatic heterocycles. The van der Waals surface area contributed by atoms with Crippen molar-refractivity contribution in [1.29, 1.82) is 0 Å². The molecule has 0 aliphatic carbocycles. The highest BCUT2D eigenvalue weighted by molar-refractivity contribution is 7.11. The maximum absolute atomic E-state index is 12.3. The summed E-state index contributed by atoms with van der Waals surface area (Å²) in [7, 11) is 0. The Kier molecular flexibility index (Phi) is 6.91. The number of hydrogen-bond acceptors (Lipinski definition) is 8. The number of halogens is 3. The first kappa shape index (κ1) is 22.3. The number of carbonyl (C=O) groups is 2. The van der Waals surface area contributed by atoms with Gasteiger partial charge in [0.25, 0.3) is 5.91 Å². The van der Waals surface area contributed by atoms with Gasteiger partial charge in [-0.2, -0.15) is 18.3 Å². The molecule has 2 aromatic heterocycles. The van der Waals surface area contributed by atoms with Crippen molar-refractivity contribution in [1.82, 2.24) is 35.6 Å². The van der Waals surface area contributed by atoms with Crippen LogP contribution in [0.15, 0.2) is 36.9 Å². The predicted octanol–water partition coefficient (Wildman–Crippen LogP) is 1.37. The zero-order valence-electron chi connectivity index (χ0n) is 15.7. The summed E-state index contributed by atoms with van der Waals surface area (Å²) in [5.74, 6) is -2.45. The van der Waals surface area contributed by atoms with Crippen LogP contribution < -0.4 is 10.6 Å². The number of benzene rings is 1. The SMILES string of the molecule is O=C(NCc1nnc(C2CNC2)s1)c1cccc(-n2cncn2)c1.O=C(O)C(F)(F)F. The summed E-state index contributed by atoms with van der Waals surface area (Å²) < 4.78 is 33.3. The number of nitrogens with zero attached hydrogens (tertiary/aromatic N) is 5. The number of hydrogen-bond donors (Lipinski definition) is 3. The van der Waals surface area contributed by atoms with Crippen LogP contribution in [0.1, 0.15) is 26.3 Å². The topological polar surface area (TPSA) is 135 Å². The fourth-order valence-electron chi connectivity index (χ4n) is 2.36. The van der Waals surface area contributed by atoms with E-state index in [1.54, 1.807) is 34.5 Å². The van der Waals surface area contributed by atoms with Crippen LogP contribution in [0.4, 0.5) is 13.2 Å². The molecule has 1 fully saturated rings. The third-order valence-corrected chi connectivity index (χ3v) is 5.13. The van der Waals surface area contributed by atoms with Crippen molar-refractivity contribution < 1.29 is 27.9 Å². The third kappa shape index (κ3) is 6.05. The lowest BCUT2D eigenvalue weighted by atomic mass is 10.1. The molecule has 0 radical (unpaired) electrons. The van der Waals surface area contributed by atoms with Gasteiger partial charge in [0.15, 0.2) is 0 Å². The van der Waals surface area contributed by atoms with Gasteiger partial charge in [0.2, 0.25) is 0 Å². The molecule has 164 valence electrons. The van der Waals surface area contributed by atoms with Gasteiger partial charge in [-0.25, -0.2) is 14.5 Å². The predicted molar refractivity (Wildman–Crippen MR) is 102 cm³/mol. The summed E-state index contributed by atoms with van der Waals surface area (Å²) in [6, 6.07) is 7.23. The molecule has 10 nitrogen and oxygen atoms in total. The number of amides is 1. The Morgan fingerprint density at radius 2 is 2.03 bits per heavy atom. The van der Waals surface area contributed by atoms with E-state index in [-0.39, 0.29) is 5.91 Å². The van der Waals surface area contributed by atoms with E-state index < -0.39 is 12.1 Å². The van der Waals surface area contributed by atoms with Crippen LogP contribution in [0.5, 0.6) is 0 Å². The zero-order chi connectivity index (χ0) is 22.4. The summed E-state index contributed by atoms with van der Waals surface area (Å²) >= 11 is 1.56. The number of carboxylic acids is 1. The lowest BCUT2D eigenvalue weighted by molar-refractivity contribution is -0.192. The van der Waals surface area contributed by atoms with Crippen LogP contribution >= 0.6 is 11.3 Å². The lowest BCUT2D eigenvalue weighted by Crippen LogP contribution is -2.39. The Balaban J connectivity index is 0.000000339. The van der Waals surface area contributed by atoms with E-state index in [0.717, 1.165) is 28.8 Å². The second kappa shape index (κ2) is 9.61. The Labute approximate surface area is 177 Å². The van der Waals surface area contributed by atoms with Gasteiger partial charge >= 0.3 is 12.1 Å². The fourth-order valence-corrected chi connectivity index (χ4v) is 3.24. The fraction of sp³-hybridized carbons (Fsp3) is 0.294. The van der Waals surface area contributed by atoms with Crippen LogP contribution in [0.3, 0.4) is 0 Å². The highest BCUT2D eigenvalue weighted by atomic mass is 32.1. The number of aliphatic carboxylic acids is 1. The Morgan fingerprint density at radius 3 is 2.61 bits per heavy atom. The molecule has 1 amide bonds. The second-order valence-electron chi connectivity index (χ2n) is 6.27. The molecule has 1 aliphatic rings. The molecule has 3 aromatic rings. The maximum atomic E-state index is 12.3. The van der Waals surface area contributed by atoms with Crippen molar-refractivity contribution in [2.45, 2.75) is 18.6 Å². The van der Waals surface area contributed by atoms with Crippen molar-refractivity contribution in [2.75, 3.05) is 13.1 Å². The summed E-state index contributed by atoms with van der Waals surface area (Å²) in [5.41, 5.74) is 1.35. The first-order chi connectivity index (χ1) is 14.7. The van der Waals surface area contributed by atoms with E-state index in [4.69, 9.17) is 9.90 Å². The van der Waals surface area contributed by atoms with Crippen LogP contribution in [-0.2, 0) is 11.3 Å². The minimum absolute atomic E-state index is 0.154. The number of alkyl halides is 3. The maximum Gasteiger partial charge on any atom is 0.490 e. The standard InChI is InChI=1S/C15H15N7OS.C2HF3O2/c23-14(10-2-1-3-12(4-10)22-9-17-8-19-22)18-7-13-20-21-15(24-13)11-5-16-6-11;3-2(4,5)1(6)7/h1-4,8-9,11,16H,5-7H2,(H,18,23);(H,6,7). The first-order valence-electron chi connectivity index (χ1n) is 8.80. The Hall–Kier alpha value is -3.39. The summed E-state index contributed by atoms with van der Waals surface area (Å²) in [6.07, 6.45) is -2.04. The summed E-state index contributed by atoms with van der Waals surface area (Å²) in [6.45, 7) is 2.29. The van der Waals surface area contributed by atoms with Gasteiger partial charge in [0.05, 0.1) is 12.2 Å². The minimum Gasteiger partial charge on any atom is -0.475 e. The van der Waals surface area contributed by atoms with Gasteiger partial charge in [-0.3, -0.25) is 4.79 Å². The number of rotatable bonds is 5. The molecule has 0 spiro atoms. The van der Waals surface area contributed by atoms with Gasteiger partial charge in [-0.05, 0) is 18.2 Å². The Bertz CT molecular complexity index is 1040. The first-order valence-corrected chi connectivity index (χ1v) is 9.62. The van der Waals surface area contributed by atoms with Gasteiger partial charge in [-0.15, -0.1) is 10.2 Å². The Morgan fingerprint density at radius 1 is 1.29 bits per heavy atom. The van der Waals surface area contributed by atoms with Crippen LogP contribution in [0.25, 0.3) is 5.69 Å². The van der Waals surface area contributed by atoms with Crippen molar-refractivity contribution in [3.05, 3.63) is 52.5 Å². The molecule has 0 bridgehead atoms. The smallest absolute Gasteiger partial charge is 0.475 e. The monoisotopic (exact) mass is 455 g/mol. The van der Waals surface area contributed by atoms with E-state index in [0.29, 0.717) is 18.0 Å². The van der Waals surface area contributed by atoms with Gasteiger partial charge in [0, 0.05) is 24.6 Å². The lowest BCUT2D eigenvalue weighted by Gasteiger charge is -2.23. The van der Waals surface area contributed by atoms with Crippen LogP contribution in [0, 0.1) is 0 Å². The molecule has 0 atom stereocenters. The molecular formula is C17H16F3N7O3S. The van der Waals surface area contributed by atoms with E-state index in [1.807, 2.05) is 12.1 Å². The molecule has 3 heterocycles. The average molecular weight is 455 g/mol. The highest BCUT2D eigenvalue weighted by Crippen LogP contribution is 2.23. The van der Waals surface area contributed by atoms with Crippen molar-refractivity contribution in [3.63, 3.8) is 0 Å². The van der Waals surface area contributed by atoms with E-state index in [2.05, 4.69) is 30.9 Å². The molecule has 0 saturated carbocycles. The summed E-state index contributed by atoms with van der Waals surface area (Å²) in [5, 5.41) is 27.5. The highest BCUT2D eigenvalue weighted by Gasteiger charge is 2.38. The van der Waals surface area contributed by atoms with Gasteiger partial charge in [-0.1, -0.05) is 17.4 Å². The molecule has 0 unspecified atom stereocenters. The molecule has 14 heteroatoms. The van der Waals surface area contributed by atoms with Gasteiger partial charge < -0.3 is 15.7 Å². The molecule has 1 saturated heterocycles. The number of carbonyl (C=O) groups excluding carboxylic acids is 1. The van der Waals surface area contributed by atoms with Crippen molar-refractivity contribution in [2.24, 2.45) is 0 Å². The second-order valence-corrected chi connectivity index (χ2v) is 7.36. The van der Waals surface area contributed by atoms with Gasteiger partial charge in [0.1, 0.15) is 22.7 Å². The van der Waals surface area contributed by atoms with Crippen LogP contribution in [-0.4, -0.2) is 61.2 Å².